The average molecular weight is 353 g/mol. The first kappa shape index (κ1) is 17.3. The van der Waals surface area contributed by atoms with E-state index in [2.05, 4.69) is 10.4 Å². The molecule has 0 saturated heterocycles. The van der Waals surface area contributed by atoms with Crippen molar-refractivity contribution in [3.05, 3.63) is 78.4 Å². The summed E-state index contributed by atoms with van der Waals surface area (Å²) in [6.45, 7) is 1.46. The van der Waals surface area contributed by atoms with Gasteiger partial charge in [-0.3, -0.25) is 4.79 Å². The van der Waals surface area contributed by atoms with E-state index in [9.17, 15) is 14.0 Å². The van der Waals surface area contributed by atoms with E-state index < -0.39 is 23.8 Å². The number of ether oxygens (including phenoxy) is 1. The maximum Gasteiger partial charge on any atom is 0.359 e. The molecule has 1 N–H and O–H groups in total. The van der Waals surface area contributed by atoms with E-state index in [4.69, 9.17) is 4.74 Å². The van der Waals surface area contributed by atoms with Crippen LogP contribution in [0.15, 0.2) is 66.9 Å². The Labute approximate surface area is 149 Å². The third kappa shape index (κ3) is 3.94. The standard InChI is InChI=1S/C19H16FN3O3/c1-13(18(24)21-14-7-3-2-4-8-14)26-19(25)16-11-12-23(22-16)17-10-6-5-9-15(17)20/h2-13H,1H3,(H,21,24). The fourth-order valence-corrected chi connectivity index (χ4v) is 2.24. The highest BCUT2D eigenvalue weighted by atomic mass is 19.1. The van der Waals surface area contributed by atoms with Gasteiger partial charge >= 0.3 is 5.97 Å². The highest BCUT2D eigenvalue weighted by Crippen LogP contribution is 2.13. The van der Waals surface area contributed by atoms with Gasteiger partial charge < -0.3 is 10.1 Å². The molecular formula is C19H16FN3O3. The van der Waals surface area contributed by atoms with Crippen LogP contribution < -0.4 is 5.32 Å². The lowest BCUT2D eigenvalue weighted by molar-refractivity contribution is -0.123. The Bertz CT molecular complexity index is 925. The summed E-state index contributed by atoms with van der Waals surface area (Å²) in [6.07, 6.45) is 0.435. The summed E-state index contributed by atoms with van der Waals surface area (Å²) in [5.41, 5.74) is 0.790. The van der Waals surface area contributed by atoms with Crippen molar-refractivity contribution < 1.29 is 18.7 Å². The minimum absolute atomic E-state index is 0.0207. The number of rotatable bonds is 5. The van der Waals surface area contributed by atoms with E-state index >= 15 is 0 Å². The Morgan fingerprint density at radius 1 is 1.08 bits per heavy atom. The van der Waals surface area contributed by atoms with Gasteiger partial charge in [-0.25, -0.2) is 13.9 Å². The summed E-state index contributed by atoms with van der Waals surface area (Å²) in [6, 6.07) is 16.3. The van der Waals surface area contributed by atoms with Gasteiger partial charge in [-0.15, -0.1) is 0 Å². The maximum atomic E-state index is 13.8. The van der Waals surface area contributed by atoms with Crippen LogP contribution in [-0.4, -0.2) is 27.8 Å². The van der Waals surface area contributed by atoms with Crippen molar-refractivity contribution in [2.45, 2.75) is 13.0 Å². The zero-order valence-corrected chi connectivity index (χ0v) is 13.9. The van der Waals surface area contributed by atoms with E-state index in [1.54, 1.807) is 36.4 Å². The molecule has 3 aromatic rings. The lowest BCUT2D eigenvalue weighted by atomic mass is 10.3. The number of nitrogens with zero attached hydrogens (tertiary/aromatic N) is 2. The van der Waals surface area contributed by atoms with Crippen molar-refractivity contribution in [3.63, 3.8) is 0 Å². The molecule has 1 unspecified atom stereocenters. The Hall–Kier alpha value is -3.48. The Balaban J connectivity index is 1.65. The molecule has 26 heavy (non-hydrogen) atoms. The monoisotopic (exact) mass is 353 g/mol. The number of halogens is 1. The molecule has 2 aromatic carbocycles. The predicted molar refractivity (Wildman–Crippen MR) is 93.5 cm³/mol. The molecule has 0 aliphatic carbocycles. The number of hydrogen-bond donors (Lipinski definition) is 1. The van der Waals surface area contributed by atoms with Gasteiger partial charge in [0.15, 0.2) is 11.8 Å². The highest BCUT2D eigenvalue weighted by Gasteiger charge is 2.21. The molecule has 1 aromatic heterocycles. The number of aromatic nitrogens is 2. The second-order valence-electron chi connectivity index (χ2n) is 5.50. The third-order valence-electron chi connectivity index (χ3n) is 3.59. The number of benzene rings is 2. The summed E-state index contributed by atoms with van der Waals surface area (Å²) < 4.78 is 20.1. The van der Waals surface area contributed by atoms with E-state index in [1.165, 1.54) is 36.0 Å². The van der Waals surface area contributed by atoms with Crippen LogP contribution in [0.2, 0.25) is 0 Å². The Kier molecular flexibility index (Phi) is 5.07. The third-order valence-corrected chi connectivity index (χ3v) is 3.59. The molecular weight excluding hydrogens is 337 g/mol. The second kappa shape index (κ2) is 7.60. The average Bonchev–Trinajstić information content (AvgIpc) is 3.13. The number of amides is 1. The number of para-hydroxylation sites is 2. The van der Waals surface area contributed by atoms with Crippen molar-refractivity contribution in [1.29, 1.82) is 0 Å². The van der Waals surface area contributed by atoms with Gasteiger partial charge in [-0.05, 0) is 37.3 Å². The first-order valence-corrected chi connectivity index (χ1v) is 7.92. The van der Waals surface area contributed by atoms with Crippen LogP contribution in [0.4, 0.5) is 10.1 Å². The van der Waals surface area contributed by atoms with E-state index in [0.717, 1.165) is 0 Å². The van der Waals surface area contributed by atoms with Crippen LogP contribution in [0.5, 0.6) is 0 Å². The number of carbonyl (C=O) groups excluding carboxylic acids is 2. The first-order chi connectivity index (χ1) is 12.5. The summed E-state index contributed by atoms with van der Waals surface area (Å²) in [7, 11) is 0. The fourth-order valence-electron chi connectivity index (χ4n) is 2.24. The minimum Gasteiger partial charge on any atom is -0.448 e. The van der Waals surface area contributed by atoms with Crippen molar-refractivity contribution in [2.75, 3.05) is 5.32 Å². The van der Waals surface area contributed by atoms with Crippen molar-refractivity contribution in [3.8, 4) is 5.69 Å². The summed E-state index contributed by atoms with van der Waals surface area (Å²) >= 11 is 0. The quantitative estimate of drug-likeness (QED) is 0.715. The number of hydrogen-bond acceptors (Lipinski definition) is 4. The van der Waals surface area contributed by atoms with Crippen molar-refractivity contribution in [2.24, 2.45) is 0 Å². The molecule has 1 atom stereocenters. The van der Waals surface area contributed by atoms with Gasteiger partial charge in [0, 0.05) is 11.9 Å². The smallest absolute Gasteiger partial charge is 0.359 e. The van der Waals surface area contributed by atoms with E-state index in [-0.39, 0.29) is 11.4 Å². The second-order valence-corrected chi connectivity index (χ2v) is 5.50. The molecule has 1 amide bonds. The molecule has 6 nitrogen and oxygen atoms in total. The summed E-state index contributed by atoms with van der Waals surface area (Å²) in [4.78, 5) is 24.3. The number of nitrogens with one attached hydrogen (secondary N) is 1. The van der Waals surface area contributed by atoms with Crippen LogP contribution in [0.3, 0.4) is 0 Å². The van der Waals surface area contributed by atoms with Gasteiger partial charge in [0.05, 0.1) is 0 Å². The topological polar surface area (TPSA) is 73.2 Å². The first-order valence-electron chi connectivity index (χ1n) is 7.92. The zero-order valence-electron chi connectivity index (χ0n) is 13.9. The lowest BCUT2D eigenvalue weighted by Crippen LogP contribution is -2.30. The van der Waals surface area contributed by atoms with Crippen LogP contribution in [0.1, 0.15) is 17.4 Å². The van der Waals surface area contributed by atoms with Crippen LogP contribution >= 0.6 is 0 Å². The number of anilines is 1. The molecule has 0 aliphatic heterocycles. The molecule has 1 heterocycles. The number of carbonyl (C=O) groups is 2. The molecule has 0 aliphatic rings. The summed E-state index contributed by atoms with van der Waals surface area (Å²) in [5.74, 6) is -1.69. The predicted octanol–water partition coefficient (Wildman–Crippen LogP) is 3.20. The Morgan fingerprint density at radius 2 is 1.77 bits per heavy atom. The molecule has 3 rings (SSSR count). The molecule has 0 fully saturated rings. The van der Waals surface area contributed by atoms with Crippen LogP contribution in [-0.2, 0) is 9.53 Å². The highest BCUT2D eigenvalue weighted by molar-refractivity contribution is 5.96. The van der Waals surface area contributed by atoms with Crippen LogP contribution in [0, 0.1) is 5.82 Å². The van der Waals surface area contributed by atoms with Crippen molar-refractivity contribution in [1.82, 2.24) is 9.78 Å². The molecule has 0 saturated carbocycles. The molecule has 0 radical (unpaired) electrons. The van der Waals surface area contributed by atoms with Gasteiger partial charge in [0.25, 0.3) is 5.91 Å². The van der Waals surface area contributed by atoms with Gasteiger partial charge in [-0.1, -0.05) is 30.3 Å². The molecule has 0 bridgehead atoms. The zero-order chi connectivity index (χ0) is 18.5. The largest absolute Gasteiger partial charge is 0.448 e. The molecule has 0 spiro atoms. The SMILES string of the molecule is CC(OC(=O)c1ccn(-c2ccccc2F)n1)C(=O)Nc1ccccc1. The maximum absolute atomic E-state index is 13.8. The Morgan fingerprint density at radius 3 is 2.50 bits per heavy atom. The normalized spacial score (nSPS) is 11.6. The summed E-state index contributed by atoms with van der Waals surface area (Å²) in [5, 5.41) is 6.65. The molecule has 7 heteroatoms. The van der Waals surface area contributed by atoms with Crippen LogP contribution in [0.25, 0.3) is 5.69 Å². The molecule has 132 valence electrons. The fraction of sp³-hybridized carbons (Fsp3) is 0.105. The van der Waals surface area contributed by atoms with Gasteiger partial charge in [0.2, 0.25) is 0 Å². The van der Waals surface area contributed by atoms with Gasteiger partial charge in [0.1, 0.15) is 11.5 Å². The van der Waals surface area contributed by atoms with Crippen molar-refractivity contribution >= 4 is 17.6 Å². The van der Waals surface area contributed by atoms with Gasteiger partial charge in [-0.2, -0.15) is 5.10 Å². The van der Waals surface area contributed by atoms with E-state index in [1.807, 2.05) is 6.07 Å². The lowest BCUT2D eigenvalue weighted by Gasteiger charge is -2.12. The number of esters is 1. The van der Waals surface area contributed by atoms with E-state index in [0.29, 0.717) is 5.69 Å². The minimum atomic E-state index is -1.01.